The maximum Gasteiger partial charge on any atom is 0.460 e. The van der Waals surface area contributed by atoms with Crippen LogP contribution in [0.3, 0.4) is 0 Å². The molecular weight excluding hydrogens is 744 g/mol. The molecule has 1 aliphatic carbocycles. The second kappa shape index (κ2) is 13.5. The molecule has 1 saturated carbocycles. The standard InChI is InChI=1S/C33H33F9O5S3/c1-28(2)21-45-29(46-22-28)20-10-9-15-27(29)48-23-16-18-26(19-17-23)49(24-11-5-3-6-12-24,25-13-7-4-8-14-25)47-50(43,44)33(41,42)31(36,37)30(34,35)32(38,39)40/h3-8,11-14,16-19,27H,9-10,15,20-22H2,1-2H3. The number of benzene rings is 3. The Morgan fingerprint density at radius 1 is 0.700 bits per heavy atom. The van der Waals surface area contributed by atoms with E-state index < -0.39 is 49.5 Å². The molecule has 17 heteroatoms. The van der Waals surface area contributed by atoms with Crippen molar-refractivity contribution in [3.63, 3.8) is 0 Å². The molecule has 0 bridgehead atoms. The van der Waals surface area contributed by atoms with Crippen molar-refractivity contribution < 1.29 is 61.0 Å². The smallest absolute Gasteiger partial charge is 0.348 e. The highest BCUT2D eigenvalue weighted by molar-refractivity contribution is 8.33. The molecule has 0 amide bonds. The first-order valence-corrected chi connectivity index (χ1v) is 19.1. The van der Waals surface area contributed by atoms with Gasteiger partial charge in [-0.2, -0.15) is 47.9 Å². The zero-order chi connectivity index (χ0) is 36.9. The predicted molar refractivity (Wildman–Crippen MR) is 169 cm³/mol. The highest BCUT2D eigenvalue weighted by Gasteiger charge is 2.86. The van der Waals surface area contributed by atoms with Crippen molar-refractivity contribution in [3.8, 4) is 0 Å². The molecule has 3 aromatic rings. The normalized spacial score (nSPS) is 20.8. The summed E-state index contributed by atoms with van der Waals surface area (Å²) in [6.07, 6.45) is -4.09. The Morgan fingerprint density at radius 3 is 1.66 bits per heavy atom. The second-order valence-electron chi connectivity index (χ2n) is 12.7. The van der Waals surface area contributed by atoms with Gasteiger partial charge in [-0.05, 0) is 71.7 Å². The second-order valence-corrected chi connectivity index (χ2v) is 18.5. The molecule has 3 aromatic carbocycles. The molecule has 1 saturated heterocycles. The van der Waals surface area contributed by atoms with Gasteiger partial charge in [0.05, 0.1) is 18.5 Å². The van der Waals surface area contributed by atoms with Gasteiger partial charge in [0.15, 0.2) is 5.79 Å². The van der Waals surface area contributed by atoms with Gasteiger partial charge in [0.2, 0.25) is 0 Å². The minimum atomic E-state index is -7.47. The summed E-state index contributed by atoms with van der Waals surface area (Å²) in [4.78, 5) is 0.135. The van der Waals surface area contributed by atoms with E-state index in [2.05, 4.69) is 0 Å². The number of thioether (sulfide) groups is 1. The van der Waals surface area contributed by atoms with Crippen molar-refractivity contribution in [1.29, 1.82) is 0 Å². The molecular formula is C33H33F9O5S3. The van der Waals surface area contributed by atoms with Crippen LogP contribution in [0.15, 0.2) is 105 Å². The molecule has 50 heavy (non-hydrogen) atoms. The lowest BCUT2D eigenvalue weighted by molar-refractivity contribution is -0.382. The SMILES string of the molecule is CC1(C)COC2(CCCCC2Sc2ccc(S(OS(=O)(=O)C(F)(F)C(F)(F)C(F)(F)C(F)(F)F)(c3ccccc3)c3ccccc3)cc2)OC1. The Balaban J connectivity index is 1.60. The molecule has 5 nitrogen and oxygen atoms in total. The van der Waals surface area contributed by atoms with Gasteiger partial charge in [0, 0.05) is 31.4 Å². The summed E-state index contributed by atoms with van der Waals surface area (Å²) >= 11 is 1.40. The molecule has 276 valence electrons. The molecule has 1 heterocycles. The fraction of sp³-hybridized carbons (Fsp3) is 0.455. The lowest BCUT2D eigenvalue weighted by atomic mass is 9.89. The van der Waals surface area contributed by atoms with E-state index in [-0.39, 0.29) is 25.4 Å². The number of hydrogen-bond donors (Lipinski definition) is 0. The number of halogens is 9. The van der Waals surface area contributed by atoms with E-state index in [4.69, 9.17) is 13.1 Å². The minimum Gasteiger partial charge on any atom is -0.348 e. The highest BCUT2D eigenvalue weighted by atomic mass is 32.3. The van der Waals surface area contributed by atoms with Crippen molar-refractivity contribution in [2.75, 3.05) is 13.2 Å². The van der Waals surface area contributed by atoms with Gasteiger partial charge in [0.25, 0.3) is 0 Å². The van der Waals surface area contributed by atoms with Crippen LogP contribution in [0.5, 0.6) is 0 Å². The quantitative estimate of drug-likeness (QED) is 0.191. The van der Waals surface area contributed by atoms with Gasteiger partial charge in [0.1, 0.15) is 0 Å². The molecule has 1 aliphatic heterocycles. The first kappa shape index (κ1) is 38.8. The molecule has 5 rings (SSSR count). The van der Waals surface area contributed by atoms with Gasteiger partial charge in [-0.25, -0.2) is 3.63 Å². The van der Waals surface area contributed by atoms with Crippen LogP contribution >= 0.6 is 22.1 Å². The van der Waals surface area contributed by atoms with Crippen LogP contribution < -0.4 is 0 Å². The predicted octanol–water partition coefficient (Wildman–Crippen LogP) is 10.5. The number of alkyl halides is 9. The van der Waals surface area contributed by atoms with Crippen LogP contribution in [0.1, 0.15) is 39.5 Å². The van der Waals surface area contributed by atoms with Crippen molar-refractivity contribution in [1.82, 2.24) is 0 Å². The third-order valence-electron chi connectivity index (χ3n) is 8.35. The first-order valence-electron chi connectivity index (χ1n) is 15.3. The Bertz CT molecular complexity index is 1690. The van der Waals surface area contributed by atoms with E-state index in [1.807, 2.05) is 13.8 Å². The average molecular weight is 777 g/mol. The van der Waals surface area contributed by atoms with Gasteiger partial charge < -0.3 is 9.47 Å². The third-order valence-corrected chi connectivity index (χ3v) is 15.0. The lowest BCUT2D eigenvalue weighted by Gasteiger charge is -2.49. The molecule has 0 N–H and O–H groups in total. The van der Waals surface area contributed by atoms with Crippen molar-refractivity contribution >= 4 is 32.2 Å². The van der Waals surface area contributed by atoms with Crippen LogP contribution in [-0.4, -0.2) is 55.9 Å². The minimum absolute atomic E-state index is 0.158. The molecule has 1 atom stereocenters. The monoisotopic (exact) mass is 776 g/mol. The maximum absolute atomic E-state index is 15.2. The first-order chi connectivity index (χ1) is 23.1. The largest absolute Gasteiger partial charge is 0.460 e. The lowest BCUT2D eigenvalue weighted by Crippen LogP contribution is -2.63. The molecule has 0 aromatic heterocycles. The van der Waals surface area contributed by atoms with E-state index >= 15 is 8.78 Å². The van der Waals surface area contributed by atoms with E-state index in [0.29, 0.717) is 24.5 Å². The Morgan fingerprint density at radius 2 is 1.18 bits per heavy atom. The summed E-state index contributed by atoms with van der Waals surface area (Å²) in [6.45, 7) is 4.96. The van der Waals surface area contributed by atoms with Crippen molar-refractivity contribution in [2.45, 2.75) is 93.4 Å². The molecule has 1 unspecified atom stereocenters. The van der Waals surface area contributed by atoms with Crippen LogP contribution in [0.4, 0.5) is 39.5 Å². The third kappa shape index (κ3) is 6.77. The van der Waals surface area contributed by atoms with Crippen LogP contribution in [0.2, 0.25) is 0 Å². The van der Waals surface area contributed by atoms with Crippen molar-refractivity contribution in [3.05, 3.63) is 84.9 Å². The summed E-state index contributed by atoms with van der Waals surface area (Å²) in [5.41, 5.74) is -0.190. The fourth-order valence-electron chi connectivity index (χ4n) is 5.60. The van der Waals surface area contributed by atoms with E-state index in [1.165, 1.54) is 96.7 Å². The van der Waals surface area contributed by atoms with Crippen LogP contribution in [0.25, 0.3) is 0 Å². The van der Waals surface area contributed by atoms with Gasteiger partial charge >= 0.3 is 33.4 Å². The van der Waals surface area contributed by atoms with E-state index in [1.54, 1.807) is 0 Å². The summed E-state index contributed by atoms with van der Waals surface area (Å²) in [5, 5.41) is -7.23. The number of hydrogen-bond acceptors (Lipinski definition) is 6. The summed E-state index contributed by atoms with van der Waals surface area (Å²) in [7, 11) is -11.4. The number of ether oxygens (including phenoxy) is 2. The van der Waals surface area contributed by atoms with Gasteiger partial charge in [-0.3, -0.25) is 0 Å². The number of rotatable bonds is 10. The Kier molecular flexibility index (Phi) is 10.5. The molecule has 1 spiro atoms. The summed E-state index contributed by atoms with van der Waals surface area (Å²) in [5.74, 6) is -15.8. The molecule has 2 fully saturated rings. The topological polar surface area (TPSA) is 61.8 Å². The highest BCUT2D eigenvalue weighted by Crippen LogP contribution is 2.71. The van der Waals surface area contributed by atoms with E-state index in [0.717, 1.165) is 19.3 Å². The molecule has 0 radical (unpaired) electrons. The zero-order valence-corrected chi connectivity index (χ0v) is 29.0. The van der Waals surface area contributed by atoms with Crippen LogP contribution in [0, 0.1) is 5.41 Å². The van der Waals surface area contributed by atoms with Gasteiger partial charge in [-0.15, -0.1) is 11.8 Å². The zero-order valence-electron chi connectivity index (χ0n) is 26.6. The Hall–Kier alpha value is -2.44. The van der Waals surface area contributed by atoms with Crippen LogP contribution in [-0.2, 0) is 23.2 Å². The fourth-order valence-corrected chi connectivity index (χ4v) is 12.2. The maximum atomic E-state index is 15.2. The average Bonchev–Trinajstić information content (AvgIpc) is 3.06. The van der Waals surface area contributed by atoms with Crippen molar-refractivity contribution in [2.24, 2.45) is 5.41 Å². The van der Waals surface area contributed by atoms with E-state index in [9.17, 15) is 39.2 Å². The van der Waals surface area contributed by atoms with Gasteiger partial charge in [-0.1, -0.05) is 56.7 Å². The molecule has 2 aliphatic rings. The summed E-state index contributed by atoms with van der Waals surface area (Å²) < 4.78 is 170. The summed E-state index contributed by atoms with van der Waals surface area (Å²) in [6, 6.07) is 19.0. The Labute approximate surface area is 289 Å².